The van der Waals surface area contributed by atoms with Gasteiger partial charge in [0.15, 0.2) is 0 Å². The van der Waals surface area contributed by atoms with Crippen molar-refractivity contribution in [3.8, 4) is 0 Å². The van der Waals surface area contributed by atoms with Gasteiger partial charge >= 0.3 is 0 Å². The molecule has 0 radical (unpaired) electrons. The first kappa shape index (κ1) is 14.6. The van der Waals surface area contributed by atoms with Crippen LogP contribution in [0.1, 0.15) is 64.6 Å². The number of hydrogen-bond acceptors (Lipinski definition) is 2. The predicted octanol–water partition coefficient (Wildman–Crippen LogP) is 3.39. The van der Waals surface area contributed by atoms with Crippen LogP contribution >= 0.6 is 0 Å². The van der Waals surface area contributed by atoms with Gasteiger partial charge in [-0.15, -0.1) is 0 Å². The predicted molar refractivity (Wildman–Crippen MR) is 80.2 cm³/mol. The van der Waals surface area contributed by atoms with E-state index in [4.69, 9.17) is 0 Å². The van der Waals surface area contributed by atoms with E-state index in [-0.39, 0.29) is 5.41 Å². The van der Waals surface area contributed by atoms with Crippen molar-refractivity contribution in [2.45, 2.75) is 71.4 Å². The van der Waals surface area contributed by atoms with Crippen LogP contribution in [-0.4, -0.2) is 15.8 Å². The molecule has 0 aromatic carbocycles. The van der Waals surface area contributed by atoms with Crippen LogP contribution in [0.5, 0.6) is 0 Å². The molecular weight excluding hydrogens is 234 g/mol. The van der Waals surface area contributed by atoms with Crippen LogP contribution in [0.3, 0.4) is 0 Å². The van der Waals surface area contributed by atoms with E-state index >= 15 is 0 Å². The SMILES string of the molecule is CCC(CC1CC1)NCc1cn(C)nc1C(C)(C)C. The molecule has 1 aliphatic rings. The molecule has 108 valence electrons. The fourth-order valence-corrected chi connectivity index (χ4v) is 2.70. The van der Waals surface area contributed by atoms with Crippen LogP contribution in [0.2, 0.25) is 0 Å². The quantitative estimate of drug-likeness (QED) is 0.852. The topological polar surface area (TPSA) is 29.9 Å². The Bertz CT molecular complexity index is 410. The van der Waals surface area contributed by atoms with Crippen LogP contribution in [0.25, 0.3) is 0 Å². The summed E-state index contributed by atoms with van der Waals surface area (Å²) in [7, 11) is 2.01. The zero-order valence-electron chi connectivity index (χ0n) is 13.2. The largest absolute Gasteiger partial charge is 0.310 e. The Morgan fingerprint density at radius 2 is 2.11 bits per heavy atom. The Kier molecular flexibility index (Phi) is 4.34. The van der Waals surface area contributed by atoms with Gasteiger partial charge in [0.25, 0.3) is 0 Å². The van der Waals surface area contributed by atoms with E-state index in [9.17, 15) is 0 Å². The Hall–Kier alpha value is -0.830. The van der Waals surface area contributed by atoms with Crippen molar-refractivity contribution in [2.75, 3.05) is 0 Å². The molecule has 0 saturated heterocycles. The van der Waals surface area contributed by atoms with Gasteiger partial charge in [-0.1, -0.05) is 40.5 Å². The van der Waals surface area contributed by atoms with Gasteiger partial charge in [0.1, 0.15) is 0 Å². The van der Waals surface area contributed by atoms with Gasteiger partial charge < -0.3 is 5.32 Å². The molecule has 1 unspecified atom stereocenters. The zero-order valence-corrected chi connectivity index (χ0v) is 13.2. The third-order valence-electron chi connectivity index (χ3n) is 4.00. The molecular formula is C16H29N3. The molecule has 0 bridgehead atoms. The molecule has 2 rings (SSSR count). The second kappa shape index (κ2) is 5.66. The molecule has 1 fully saturated rings. The molecule has 1 aliphatic carbocycles. The molecule has 1 atom stereocenters. The molecule has 1 N–H and O–H groups in total. The molecule has 0 spiro atoms. The summed E-state index contributed by atoms with van der Waals surface area (Å²) in [5, 5.41) is 8.37. The molecule has 0 amide bonds. The number of nitrogens with one attached hydrogen (secondary N) is 1. The highest BCUT2D eigenvalue weighted by atomic mass is 15.3. The average Bonchev–Trinajstić information content (AvgIpc) is 3.05. The summed E-state index contributed by atoms with van der Waals surface area (Å²) >= 11 is 0. The Morgan fingerprint density at radius 3 is 2.63 bits per heavy atom. The minimum atomic E-state index is 0.122. The van der Waals surface area contributed by atoms with Gasteiger partial charge in [-0.2, -0.15) is 5.10 Å². The van der Waals surface area contributed by atoms with Crippen molar-refractivity contribution in [1.82, 2.24) is 15.1 Å². The third-order valence-corrected chi connectivity index (χ3v) is 4.00. The summed E-state index contributed by atoms with van der Waals surface area (Å²) in [5.41, 5.74) is 2.70. The van der Waals surface area contributed by atoms with E-state index in [2.05, 4.69) is 44.3 Å². The molecule has 1 aromatic heterocycles. The highest BCUT2D eigenvalue weighted by Crippen LogP contribution is 2.34. The zero-order chi connectivity index (χ0) is 14.0. The molecule has 3 heteroatoms. The fourth-order valence-electron chi connectivity index (χ4n) is 2.70. The van der Waals surface area contributed by atoms with Crippen molar-refractivity contribution in [2.24, 2.45) is 13.0 Å². The molecule has 0 aliphatic heterocycles. The lowest BCUT2D eigenvalue weighted by Crippen LogP contribution is -2.29. The first-order valence-electron chi connectivity index (χ1n) is 7.66. The second-order valence-corrected chi connectivity index (χ2v) is 7.09. The van der Waals surface area contributed by atoms with Crippen molar-refractivity contribution in [3.05, 3.63) is 17.5 Å². The van der Waals surface area contributed by atoms with E-state index in [0.29, 0.717) is 6.04 Å². The standard InChI is InChI=1S/C16H29N3/c1-6-14(9-12-7-8-12)17-10-13-11-19(5)18-15(13)16(2,3)4/h11-12,14,17H,6-10H2,1-5H3. The minimum Gasteiger partial charge on any atom is -0.310 e. The monoisotopic (exact) mass is 263 g/mol. The van der Waals surface area contributed by atoms with Gasteiger partial charge in [0, 0.05) is 36.8 Å². The van der Waals surface area contributed by atoms with Crippen molar-refractivity contribution in [1.29, 1.82) is 0 Å². The summed E-state index contributed by atoms with van der Waals surface area (Å²) in [6.45, 7) is 9.95. The molecule has 3 nitrogen and oxygen atoms in total. The van der Waals surface area contributed by atoms with Crippen LogP contribution in [0, 0.1) is 5.92 Å². The highest BCUT2D eigenvalue weighted by Gasteiger charge is 2.25. The maximum atomic E-state index is 4.64. The van der Waals surface area contributed by atoms with Gasteiger partial charge in [0.2, 0.25) is 0 Å². The van der Waals surface area contributed by atoms with Gasteiger partial charge in [-0.05, 0) is 18.8 Å². The lowest BCUT2D eigenvalue weighted by Gasteiger charge is -2.20. The Balaban J connectivity index is 1.97. The summed E-state index contributed by atoms with van der Waals surface area (Å²) < 4.78 is 1.94. The number of aryl methyl sites for hydroxylation is 1. The number of hydrogen-bond donors (Lipinski definition) is 1. The van der Waals surface area contributed by atoms with Crippen LogP contribution in [0.4, 0.5) is 0 Å². The average molecular weight is 263 g/mol. The van der Waals surface area contributed by atoms with Gasteiger partial charge in [-0.25, -0.2) is 0 Å². The van der Waals surface area contributed by atoms with E-state index in [1.165, 1.54) is 36.9 Å². The maximum Gasteiger partial charge on any atom is 0.0722 e. The molecule has 1 heterocycles. The number of nitrogens with zero attached hydrogens (tertiary/aromatic N) is 2. The normalized spacial score (nSPS) is 17.7. The summed E-state index contributed by atoms with van der Waals surface area (Å²) in [4.78, 5) is 0. The molecule has 1 aromatic rings. The first-order chi connectivity index (χ1) is 8.90. The van der Waals surface area contributed by atoms with E-state index in [1.807, 2.05) is 11.7 Å². The highest BCUT2D eigenvalue weighted by molar-refractivity contribution is 5.23. The second-order valence-electron chi connectivity index (χ2n) is 7.09. The Morgan fingerprint density at radius 1 is 1.42 bits per heavy atom. The van der Waals surface area contributed by atoms with Gasteiger partial charge in [-0.3, -0.25) is 4.68 Å². The van der Waals surface area contributed by atoms with E-state index < -0.39 is 0 Å². The van der Waals surface area contributed by atoms with Crippen LogP contribution in [0.15, 0.2) is 6.20 Å². The van der Waals surface area contributed by atoms with Crippen molar-refractivity contribution < 1.29 is 0 Å². The fraction of sp³-hybridized carbons (Fsp3) is 0.812. The summed E-state index contributed by atoms with van der Waals surface area (Å²) in [5.74, 6) is 0.994. The minimum absolute atomic E-state index is 0.122. The van der Waals surface area contributed by atoms with E-state index in [0.717, 1.165) is 12.5 Å². The van der Waals surface area contributed by atoms with Crippen LogP contribution in [-0.2, 0) is 19.0 Å². The number of aromatic nitrogens is 2. The lowest BCUT2D eigenvalue weighted by molar-refractivity contribution is 0.441. The maximum absolute atomic E-state index is 4.64. The smallest absolute Gasteiger partial charge is 0.0722 e. The Labute approximate surface area is 117 Å². The third kappa shape index (κ3) is 4.07. The van der Waals surface area contributed by atoms with Crippen molar-refractivity contribution >= 4 is 0 Å². The summed E-state index contributed by atoms with van der Waals surface area (Å²) in [6.07, 6.45) is 7.62. The summed E-state index contributed by atoms with van der Waals surface area (Å²) in [6, 6.07) is 0.667. The lowest BCUT2D eigenvalue weighted by atomic mass is 9.89. The molecule has 1 saturated carbocycles. The van der Waals surface area contributed by atoms with Crippen LogP contribution < -0.4 is 5.32 Å². The first-order valence-corrected chi connectivity index (χ1v) is 7.66. The van der Waals surface area contributed by atoms with E-state index in [1.54, 1.807) is 0 Å². The number of rotatable bonds is 6. The van der Waals surface area contributed by atoms with Crippen molar-refractivity contribution in [3.63, 3.8) is 0 Å². The molecule has 19 heavy (non-hydrogen) atoms. The van der Waals surface area contributed by atoms with Gasteiger partial charge in [0.05, 0.1) is 5.69 Å².